The van der Waals surface area contributed by atoms with Gasteiger partial charge in [0.2, 0.25) is 0 Å². The van der Waals surface area contributed by atoms with Crippen molar-refractivity contribution in [1.82, 2.24) is 0 Å². The van der Waals surface area contributed by atoms with Crippen LogP contribution in [0.5, 0.6) is 0 Å². The lowest BCUT2D eigenvalue weighted by atomic mass is 10.1. The number of alkyl halides is 2. The summed E-state index contributed by atoms with van der Waals surface area (Å²) < 4.78 is 0. The van der Waals surface area contributed by atoms with Crippen molar-refractivity contribution in [3.8, 4) is 0 Å². The van der Waals surface area contributed by atoms with Crippen LogP contribution in [0.1, 0.15) is 25.0 Å². The van der Waals surface area contributed by atoms with Crippen LogP contribution in [0.25, 0.3) is 6.08 Å². The molecule has 0 saturated heterocycles. The Kier molecular flexibility index (Phi) is 7.34. The zero-order valence-electron chi connectivity index (χ0n) is 16.7. The molecule has 0 aromatic heterocycles. The lowest BCUT2D eigenvalue weighted by molar-refractivity contribution is -0.114. The summed E-state index contributed by atoms with van der Waals surface area (Å²) in [5.41, 5.74) is 5.35. The number of hydrazone groups is 1. The molecule has 4 nitrogen and oxygen atoms in total. The fourth-order valence-corrected chi connectivity index (χ4v) is 3.66. The number of hydrogen-bond acceptors (Lipinski definition) is 3. The highest BCUT2D eigenvalue weighted by atomic mass is 35.5. The molecule has 3 rings (SSSR count). The van der Waals surface area contributed by atoms with Gasteiger partial charge in [0.05, 0.1) is 17.0 Å². The van der Waals surface area contributed by atoms with Crippen LogP contribution in [0.3, 0.4) is 0 Å². The normalized spacial score (nSPS) is 15.2. The Morgan fingerprint density at radius 2 is 1.62 bits per heavy atom. The second-order valence-electron chi connectivity index (χ2n) is 6.84. The molecule has 2 aromatic carbocycles. The Labute approximate surface area is 182 Å². The smallest absolute Gasteiger partial charge is 0.280 e. The molecule has 0 bridgehead atoms. The highest BCUT2D eigenvalue weighted by Crippen LogP contribution is 2.26. The fraction of sp³-hybridized carbons (Fsp3) is 0.304. The number of rotatable bonds is 8. The summed E-state index contributed by atoms with van der Waals surface area (Å²) in [4.78, 5) is 15.1. The molecule has 1 aliphatic rings. The quantitative estimate of drug-likeness (QED) is 0.419. The number of hydrogen-bond donors (Lipinski definition) is 0. The summed E-state index contributed by atoms with van der Waals surface area (Å²) in [6.07, 6.45) is 2.85. The molecule has 0 radical (unpaired) electrons. The van der Waals surface area contributed by atoms with Crippen molar-refractivity contribution in [2.45, 2.75) is 20.3 Å². The summed E-state index contributed by atoms with van der Waals surface area (Å²) in [5, 5.41) is 5.93. The monoisotopic (exact) mass is 429 g/mol. The predicted octanol–water partition coefficient (Wildman–Crippen LogP) is 5.34. The van der Waals surface area contributed by atoms with Crippen molar-refractivity contribution in [3.63, 3.8) is 0 Å². The fourth-order valence-electron chi connectivity index (χ4n) is 3.25. The first-order valence-electron chi connectivity index (χ1n) is 9.75. The van der Waals surface area contributed by atoms with Crippen molar-refractivity contribution < 1.29 is 4.79 Å². The SMILES string of the molecule is CCc1ccc(N2N=C(C)/C(=C\c3ccc(N(CCCl)CCCl)cc3)C2=O)cc1. The highest BCUT2D eigenvalue weighted by Gasteiger charge is 2.28. The molecule has 29 heavy (non-hydrogen) atoms. The van der Waals surface area contributed by atoms with Crippen LogP contribution in [0.15, 0.2) is 59.2 Å². The Morgan fingerprint density at radius 1 is 1.00 bits per heavy atom. The van der Waals surface area contributed by atoms with Gasteiger partial charge >= 0.3 is 0 Å². The van der Waals surface area contributed by atoms with Gasteiger partial charge in [0.25, 0.3) is 5.91 Å². The number of carbonyl (C=O) groups is 1. The molecule has 152 valence electrons. The minimum atomic E-state index is -0.110. The van der Waals surface area contributed by atoms with Crippen LogP contribution in [0, 0.1) is 0 Å². The van der Waals surface area contributed by atoms with Gasteiger partial charge < -0.3 is 4.90 Å². The van der Waals surface area contributed by atoms with Crippen molar-refractivity contribution in [1.29, 1.82) is 0 Å². The first kappa shape index (κ1) is 21.4. The third-order valence-corrected chi connectivity index (χ3v) is 5.27. The van der Waals surface area contributed by atoms with Crippen LogP contribution in [-0.4, -0.2) is 36.5 Å². The van der Waals surface area contributed by atoms with E-state index in [1.807, 2.05) is 61.5 Å². The third-order valence-electron chi connectivity index (χ3n) is 4.93. The number of anilines is 2. The van der Waals surface area contributed by atoms with E-state index in [4.69, 9.17) is 23.2 Å². The molecular weight excluding hydrogens is 405 g/mol. The number of amides is 1. The Bertz CT molecular complexity index is 899. The predicted molar refractivity (Wildman–Crippen MR) is 124 cm³/mol. The molecule has 0 N–H and O–H groups in total. The van der Waals surface area contributed by atoms with E-state index in [9.17, 15) is 4.79 Å². The molecule has 1 amide bonds. The van der Waals surface area contributed by atoms with E-state index in [-0.39, 0.29) is 5.91 Å². The average molecular weight is 430 g/mol. The van der Waals surface area contributed by atoms with Gasteiger partial charge in [-0.05, 0) is 54.8 Å². The first-order valence-corrected chi connectivity index (χ1v) is 10.8. The van der Waals surface area contributed by atoms with Gasteiger partial charge in [-0.25, -0.2) is 0 Å². The zero-order chi connectivity index (χ0) is 20.8. The maximum atomic E-state index is 12.9. The molecule has 0 aliphatic carbocycles. The van der Waals surface area contributed by atoms with Crippen LogP contribution >= 0.6 is 23.2 Å². The summed E-state index contributed by atoms with van der Waals surface area (Å²) in [5.74, 6) is 0.978. The van der Waals surface area contributed by atoms with E-state index in [0.29, 0.717) is 23.0 Å². The van der Waals surface area contributed by atoms with E-state index in [1.54, 1.807) is 0 Å². The molecule has 2 aromatic rings. The highest BCUT2D eigenvalue weighted by molar-refractivity contribution is 6.32. The summed E-state index contributed by atoms with van der Waals surface area (Å²) in [7, 11) is 0. The van der Waals surface area contributed by atoms with Crippen molar-refractivity contribution in [2.24, 2.45) is 5.10 Å². The molecule has 0 atom stereocenters. The zero-order valence-corrected chi connectivity index (χ0v) is 18.2. The Balaban J connectivity index is 1.79. The molecule has 1 heterocycles. The van der Waals surface area contributed by atoms with Crippen LogP contribution in [-0.2, 0) is 11.2 Å². The summed E-state index contributed by atoms with van der Waals surface area (Å²) >= 11 is 11.8. The van der Waals surface area contributed by atoms with Crippen LogP contribution in [0.2, 0.25) is 0 Å². The van der Waals surface area contributed by atoms with Gasteiger partial charge in [-0.15, -0.1) is 23.2 Å². The molecule has 0 saturated carbocycles. The van der Waals surface area contributed by atoms with E-state index < -0.39 is 0 Å². The molecule has 6 heteroatoms. The van der Waals surface area contributed by atoms with Crippen molar-refractivity contribution in [3.05, 3.63) is 65.2 Å². The van der Waals surface area contributed by atoms with Crippen LogP contribution < -0.4 is 9.91 Å². The van der Waals surface area contributed by atoms with E-state index in [0.717, 1.165) is 36.4 Å². The Hall–Kier alpha value is -2.30. The van der Waals surface area contributed by atoms with E-state index in [1.165, 1.54) is 10.6 Å². The maximum Gasteiger partial charge on any atom is 0.280 e. The van der Waals surface area contributed by atoms with E-state index in [2.05, 4.69) is 16.9 Å². The first-order chi connectivity index (χ1) is 14.1. The average Bonchev–Trinajstić information content (AvgIpc) is 3.02. The number of aryl methyl sites for hydroxylation is 1. The van der Waals surface area contributed by atoms with Crippen molar-refractivity contribution in [2.75, 3.05) is 34.8 Å². The molecule has 0 spiro atoms. The standard InChI is InChI=1S/C23H25Cl2N3O/c1-3-18-4-10-21(11-5-18)28-23(29)22(17(2)26-28)16-19-6-8-20(9-7-19)27(14-12-24)15-13-25/h4-11,16H,3,12-15H2,1-2H3/b22-16+. The maximum absolute atomic E-state index is 12.9. The summed E-state index contributed by atoms with van der Waals surface area (Å²) in [6.45, 7) is 5.45. The van der Waals surface area contributed by atoms with Gasteiger partial charge in [0.15, 0.2) is 0 Å². The molecule has 1 aliphatic heterocycles. The second-order valence-corrected chi connectivity index (χ2v) is 7.59. The molecule has 0 unspecified atom stereocenters. The van der Waals surface area contributed by atoms with Gasteiger partial charge in [-0.1, -0.05) is 31.2 Å². The van der Waals surface area contributed by atoms with Crippen LogP contribution in [0.4, 0.5) is 11.4 Å². The largest absolute Gasteiger partial charge is 0.369 e. The number of nitrogens with zero attached hydrogens (tertiary/aromatic N) is 3. The van der Waals surface area contributed by atoms with Gasteiger partial charge in [0, 0.05) is 30.5 Å². The third kappa shape index (κ3) is 5.01. The summed E-state index contributed by atoms with van der Waals surface area (Å²) in [6, 6.07) is 16.0. The lowest BCUT2D eigenvalue weighted by Crippen LogP contribution is -2.27. The number of halogens is 2. The number of benzene rings is 2. The minimum absolute atomic E-state index is 0.110. The topological polar surface area (TPSA) is 35.9 Å². The van der Waals surface area contributed by atoms with E-state index >= 15 is 0 Å². The van der Waals surface area contributed by atoms with Gasteiger partial charge in [0.1, 0.15) is 0 Å². The van der Waals surface area contributed by atoms with Gasteiger partial charge in [-0.3, -0.25) is 4.79 Å². The lowest BCUT2D eigenvalue weighted by Gasteiger charge is -2.22. The second kappa shape index (κ2) is 9.95. The Morgan fingerprint density at radius 3 is 2.17 bits per heavy atom. The molecular formula is C23H25Cl2N3O. The number of carbonyl (C=O) groups excluding carboxylic acids is 1. The molecule has 0 fully saturated rings. The minimum Gasteiger partial charge on any atom is -0.369 e. The van der Waals surface area contributed by atoms with Crippen molar-refractivity contribution >= 4 is 52.3 Å². The van der Waals surface area contributed by atoms with Gasteiger partial charge in [-0.2, -0.15) is 10.1 Å².